The molecule has 8 heteroatoms. The van der Waals surface area contributed by atoms with Gasteiger partial charge in [0.2, 0.25) is 0 Å². The van der Waals surface area contributed by atoms with Gasteiger partial charge in [-0.25, -0.2) is 23.7 Å². The van der Waals surface area contributed by atoms with Crippen LogP contribution in [0.2, 0.25) is 0 Å². The summed E-state index contributed by atoms with van der Waals surface area (Å²) in [6, 6.07) is 68.8. The van der Waals surface area contributed by atoms with Crippen LogP contribution >= 0.6 is 0 Å². The topological polar surface area (TPSA) is 72.3 Å². The normalized spacial score (nSPS) is 11.5. The summed E-state index contributed by atoms with van der Waals surface area (Å²) >= 11 is 0. The molecule has 6 nitrogen and oxygen atoms in total. The fourth-order valence-electron chi connectivity index (χ4n) is 9.33. The van der Waals surface area contributed by atoms with Gasteiger partial charge in [-0.2, -0.15) is 5.26 Å². The fraction of sp³-hybridized carbons (Fsp3) is 0. The molecule has 310 valence electrons. The Morgan fingerprint density at radius 3 is 1.45 bits per heavy atom. The molecule has 0 unspecified atom stereocenters. The van der Waals surface area contributed by atoms with Crippen LogP contribution in [0.25, 0.3) is 111 Å². The van der Waals surface area contributed by atoms with E-state index in [1.807, 2.05) is 84.9 Å². The summed E-state index contributed by atoms with van der Waals surface area (Å²) in [6.45, 7) is 0. The number of benzene rings is 9. The van der Waals surface area contributed by atoms with E-state index in [1.54, 1.807) is 12.1 Å². The number of aromatic nitrogens is 5. The molecular formula is C58H34F2N6. The van der Waals surface area contributed by atoms with Crippen molar-refractivity contribution in [3.63, 3.8) is 0 Å². The zero-order valence-corrected chi connectivity index (χ0v) is 35.1. The third-order valence-corrected chi connectivity index (χ3v) is 12.3. The number of nitrogens with zero attached hydrogens (tertiary/aromatic N) is 6. The molecule has 0 aliphatic carbocycles. The highest BCUT2D eigenvalue weighted by Crippen LogP contribution is 2.41. The van der Waals surface area contributed by atoms with Gasteiger partial charge in [0.1, 0.15) is 11.6 Å². The lowest BCUT2D eigenvalue weighted by atomic mass is 9.99. The van der Waals surface area contributed by atoms with Crippen molar-refractivity contribution >= 4 is 43.6 Å². The Morgan fingerprint density at radius 2 is 0.864 bits per heavy atom. The van der Waals surface area contributed by atoms with E-state index in [2.05, 4.69) is 106 Å². The third-order valence-electron chi connectivity index (χ3n) is 12.3. The first-order valence-electron chi connectivity index (χ1n) is 21.5. The fourth-order valence-corrected chi connectivity index (χ4v) is 9.33. The molecule has 12 aromatic rings. The van der Waals surface area contributed by atoms with Crippen LogP contribution in [0, 0.1) is 23.0 Å². The average molecular weight is 853 g/mol. The van der Waals surface area contributed by atoms with Crippen LogP contribution < -0.4 is 0 Å². The van der Waals surface area contributed by atoms with Crippen molar-refractivity contribution in [2.45, 2.75) is 0 Å². The van der Waals surface area contributed by atoms with Gasteiger partial charge in [0.25, 0.3) is 0 Å². The molecule has 0 amide bonds. The van der Waals surface area contributed by atoms with Crippen LogP contribution in [-0.4, -0.2) is 24.1 Å². The van der Waals surface area contributed by atoms with Gasteiger partial charge in [-0.15, -0.1) is 0 Å². The molecule has 0 saturated carbocycles. The number of halogens is 2. The second kappa shape index (κ2) is 15.6. The molecule has 0 aliphatic rings. The molecular weight excluding hydrogens is 819 g/mol. The van der Waals surface area contributed by atoms with Crippen molar-refractivity contribution in [3.8, 4) is 73.9 Å². The van der Waals surface area contributed by atoms with E-state index in [-0.39, 0.29) is 0 Å². The van der Waals surface area contributed by atoms with Crippen molar-refractivity contribution in [2.24, 2.45) is 0 Å². The Labute approximate surface area is 377 Å². The maximum absolute atomic E-state index is 14.8. The smallest absolute Gasteiger partial charge is 0.164 e. The van der Waals surface area contributed by atoms with Crippen LogP contribution in [0.4, 0.5) is 8.78 Å². The second-order valence-corrected chi connectivity index (χ2v) is 16.3. The number of fused-ring (bicyclic) bond motifs is 6. The number of para-hydroxylation sites is 3. The summed E-state index contributed by atoms with van der Waals surface area (Å²) in [5.74, 6) is 0.280. The monoisotopic (exact) mass is 852 g/mol. The SMILES string of the molecule is N#Cc1ccc(-n2c3ccccc3c3cc(-c4cc(-c5nc(-c6ccccc6)nc(-c6ccccc6)n5)cc(-n5c6ccccc6c6ccccc65)c4)ccc32)c(-c2cc(F)cc(F)c2)c1. The molecule has 0 atom stereocenters. The summed E-state index contributed by atoms with van der Waals surface area (Å²) < 4.78 is 33.9. The van der Waals surface area contributed by atoms with Crippen LogP contribution in [0.1, 0.15) is 5.56 Å². The lowest BCUT2D eigenvalue weighted by Crippen LogP contribution is -2.02. The van der Waals surface area contributed by atoms with Gasteiger partial charge in [-0.05, 0) is 95.6 Å². The standard InChI is InChI=1S/C58H34F2N6/c59-43-29-41(30-44(60)34-43)49-27-36(35-61)23-25-54(49)66-53-22-12-9-19-48(53)50-33-39(24-26-55(50)66)40-28-42(32-45(31-40)65-51-20-10-7-17-46(51)47-18-8-11-21-52(47)65)58-63-56(37-13-3-1-4-14-37)62-57(64-58)38-15-5-2-6-16-38/h1-34H. The van der Waals surface area contributed by atoms with Crippen LogP contribution in [0.3, 0.4) is 0 Å². The lowest BCUT2D eigenvalue weighted by Gasteiger charge is -2.16. The van der Waals surface area contributed by atoms with Gasteiger partial charge in [0, 0.05) is 55.6 Å². The van der Waals surface area contributed by atoms with Crippen molar-refractivity contribution < 1.29 is 8.78 Å². The predicted octanol–water partition coefficient (Wildman–Crippen LogP) is 14.6. The summed E-state index contributed by atoms with van der Waals surface area (Å²) in [5.41, 5.74) is 11.3. The molecule has 0 fully saturated rings. The minimum absolute atomic E-state index is 0.334. The van der Waals surface area contributed by atoms with Gasteiger partial charge < -0.3 is 9.13 Å². The Bertz CT molecular complexity index is 3790. The Hall–Kier alpha value is -9.06. The second-order valence-electron chi connectivity index (χ2n) is 16.3. The van der Waals surface area contributed by atoms with Gasteiger partial charge in [0.15, 0.2) is 17.5 Å². The lowest BCUT2D eigenvalue weighted by molar-refractivity contribution is 0.584. The molecule has 9 aromatic carbocycles. The Kier molecular flexibility index (Phi) is 9.14. The van der Waals surface area contributed by atoms with E-state index < -0.39 is 11.6 Å². The molecule has 0 saturated heterocycles. The van der Waals surface area contributed by atoms with Gasteiger partial charge in [0.05, 0.1) is 39.4 Å². The molecule has 0 bridgehead atoms. The highest BCUT2D eigenvalue weighted by Gasteiger charge is 2.21. The predicted molar refractivity (Wildman–Crippen MR) is 260 cm³/mol. The molecule has 0 N–H and O–H groups in total. The molecule has 12 rings (SSSR count). The van der Waals surface area contributed by atoms with Gasteiger partial charge in [-0.3, -0.25) is 0 Å². The van der Waals surface area contributed by atoms with E-state index in [0.29, 0.717) is 39.9 Å². The van der Waals surface area contributed by atoms with Crippen molar-refractivity contribution in [1.82, 2.24) is 24.1 Å². The Morgan fingerprint density at radius 1 is 0.364 bits per heavy atom. The van der Waals surface area contributed by atoms with Crippen LogP contribution in [-0.2, 0) is 0 Å². The van der Waals surface area contributed by atoms with Crippen LogP contribution in [0.5, 0.6) is 0 Å². The molecule has 0 spiro atoms. The maximum atomic E-state index is 14.8. The summed E-state index contributed by atoms with van der Waals surface area (Å²) in [7, 11) is 0. The number of nitriles is 1. The molecule has 3 heterocycles. The summed E-state index contributed by atoms with van der Waals surface area (Å²) in [5, 5.41) is 14.2. The highest BCUT2D eigenvalue weighted by molar-refractivity contribution is 6.12. The highest BCUT2D eigenvalue weighted by atomic mass is 19.1. The first-order chi connectivity index (χ1) is 32.5. The molecule has 3 aromatic heterocycles. The van der Waals surface area contributed by atoms with E-state index in [9.17, 15) is 14.0 Å². The summed E-state index contributed by atoms with van der Waals surface area (Å²) in [4.78, 5) is 15.3. The third kappa shape index (κ3) is 6.57. The zero-order valence-electron chi connectivity index (χ0n) is 35.1. The molecule has 66 heavy (non-hydrogen) atoms. The molecule has 0 aliphatic heterocycles. The first-order valence-corrected chi connectivity index (χ1v) is 21.5. The summed E-state index contributed by atoms with van der Waals surface area (Å²) in [6.07, 6.45) is 0. The number of rotatable bonds is 7. The minimum atomic E-state index is -0.697. The average Bonchev–Trinajstić information content (AvgIpc) is 3.89. The maximum Gasteiger partial charge on any atom is 0.164 e. The number of hydrogen-bond acceptors (Lipinski definition) is 4. The van der Waals surface area contributed by atoms with Crippen LogP contribution in [0.15, 0.2) is 206 Å². The largest absolute Gasteiger partial charge is 0.309 e. The van der Waals surface area contributed by atoms with E-state index in [4.69, 9.17) is 15.0 Å². The van der Waals surface area contributed by atoms with E-state index in [0.717, 1.165) is 83.2 Å². The minimum Gasteiger partial charge on any atom is -0.309 e. The van der Waals surface area contributed by atoms with Crippen molar-refractivity contribution in [2.75, 3.05) is 0 Å². The van der Waals surface area contributed by atoms with Gasteiger partial charge >= 0.3 is 0 Å². The first kappa shape index (κ1) is 38.6. The van der Waals surface area contributed by atoms with Crippen molar-refractivity contribution in [1.29, 1.82) is 5.26 Å². The van der Waals surface area contributed by atoms with Crippen molar-refractivity contribution in [3.05, 3.63) is 223 Å². The molecule has 0 radical (unpaired) electrons. The van der Waals surface area contributed by atoms with Gasteiger partial charge in [-0.1, -0.05) is 121 Å². The van der Waals surface area contributed by atoms with E-state index >= 15 is 0 Å². The van der Waals surface area contributed by atoms with E-state index in [1.165, 1.54) is 12.1 Å². The quantitative estimate of drug-likeness (QED) is 0.160. The Balaban J connectivity index is 1.11. The number of hydrogen-bond donors (Lipinski definition) is 0. The zero-order chi connectivity index (χ0) is 44.3.